The fourth-order valence-corrected chi connectivity index (χ4v) is 1.59. The molecule has 94 valence electrons. The van der Waals surface area contributed by atoms with Gasteiger partial charge in [-0.3, -0.25) is 0 Å². The average molecular weight is 267 g/mol. The van der Waals surface area contributed by atoms with Crippen molar-refractivity contribution in [2.45, 2.75) is 20.3 Å². The Bertz CT molecular complexity index is 575. The third-order valence-electron chi connectivity index (χ3n) is 2.41. The summed E-state index contributed by atoms with van der Waals surface area (Å²) in [6, 6.07) is 5.87. The van der Waals surface area contributed by atoms with E-state index >= 15 is 0 Å². The first kappa shape index (κ1) is 12.8. The number of nitrogens with zero attached hydrogens (tertiary/aromatic N) is 2. The molecule has 0 unspecified atom stereocenters. The van der Waals surface area contributed by atoms with Gasteiger partial charge in [-0.15, -0.1) is 0 Å². The molecule has 0 fully saturated rings. The second kappa shape index (κ2) is 5.31. The Kier molecular flexibility index (Phi) is 3.77. The van der Waals surface area contributed by atoms with Gasteiger partial charge >= 0.3 is 0 Å². The number of hydrogen-bond acceptors (Lipinski definition) is 3. The van der Waals surface area contributed by atoms with Crippen molar-refractivity contribution < 1.29 is 9.13 Å². The van der Waals surface area contributed by atoms with Crippen LogP contribution < -0.4 is 4.74 Å². The number of benzene rings is 1. The second-order valence-electron chi connectivity index (χ2n) is 3.77. The zero-order valence-corrected chi connectivity index (χ0v) is 10.8. The van der Waals surface area contributed by atoms with Crippen LogP contribution in [0, 0.1) is 12.7 Å². The summed E-state index contributed by atoms with van der Waals surface area (Å²) in [7, 11) is 0. The van der Waals surface area contributed by atoms with Crippen molar-refractivity contribution in [2.75, 3.05) is 0 Å². The number of halogens is 2. The van der Waals surface area contributed by atoms with Crippen molar-refractivity contribution in [2.24, 2.45) is 0 Å². The minimum absolute atomic E-state index is 0.355. The molecule has 2 aromatic rings. The van der Waals surface area contributed by atoms with Crippen LogP contribution in [0.25, 0.3) is 0 Å². The van der Waals surface area contributed by atoms with E-state index in [0.29, 0.717) is 34.6 Å². The van der Waals surface area contributed by atoms with Crippen LogP contribution in [0.5, 0.6) is 11.6 Å². The summed E-state index contributed by atoms with van der Waals surface area (Å²) in [6.07, 6.45) is 0.652. The highest BCUT2D eigenvalue weighted by molar-refractivity contribution is 6.30. The van der Waals surface area contributed by atoms with Crippen LogP contribution in [-0.4, -0.2) is 9.97 Å². The Labute approximate surface area is 110 Å². The molecule has 0 radical (unpaired) electrons. The minimum Gasteiger partial charge on any atom is -0.438 e. The van der Waals surface area contributed by atoms with Crippen LogP contribution in [0.15, 0.2) is 24.3 Å². The molecule has 0 N–H and O–H groups in total. The lowest BCUT2D eigenvalue weighted by molar-refractivity contribution is 0.450. The standard InChI is InChI=1S/C13H12ClFN2O/c1-3-11-16-12(14)8(2)13(17-11)18-10-6-4-5-9(15)7-10/h4-7H,3H2,1-2H3. The van der Waals surface area contributed by atoms with Gasteiger partial charge in [0.25, 0.3) is 0 Å². The molecule has 0 bridgehead atoms. The van der Waals surface area contributed by atoms with Crippen molar-refractivity contribution in [1.29, 1.82) is 0 Å². The van der Waals surface area contributed by atoms with Crippen molar-refractivity contribution in [3.63, 3.8) is 0 Å². The van der Waals surface area contributed by atoms with Gasteiger partial charge in [0, 0.05) is 18.1 Å². The Morgan fingerprint density at radius 2 is 2.11 bits per heavy atom. The van der Waals surface area contributed by atoms with E-state index in [4.69, 9.17) is 16.3 Å². The van der Waals surface area contributed by atoms with E-state index in [9.17, 15) is 4.39 Å². The molecule has 0 amide bonds. The number of rotatable bonds is 3. The van der Waals surface area contributed by atoms with Crippen LogP contribution in [0.3, 0.4) is 0 Å². The third-order valence-corrected chi connectivity index (χ3v) is 2.78. The molecule has 5 heteroatoms. The maximum absolute atomic E-state index is 13.1. The first-order chi connectivity index (χ1) is 8.60. The van der Waals surface area contributed by atoms with Crippen LogP contribution >= 0.6 is 11.6 Å². The molecule has 1 aromatic heterocycles. The van der Waals surface area contributed by atoms with Gasteiger partial charge in [-0.05, 0) is 19.1 Å². The van der Waals surface area contributed by atoms with E-state index in [0.717, 1.165) is 0 Å². The Hall–Kier alpha value is -1.68. The van der Waals surface area contributed by atoms with Crippen LogP contribution in [-0.2, 0) is 6.42 Å². The summed E-state index contributed by atoms with van der Waals surface area (Å²) in [6.45, 7) is 3.68. The van der Waals surface area contributed by atoms with E-state index in [2.05, 4.69) is 9.97 Å². The highest BCUT2D eigenvalue weighted by Gasteiger charge is 2.11. The zero-order chi connectivity index (χ0) is 13.1. The number of aromatic nitrogens is 2. The molecular formula is C13H12ClFN2O. The topological polar surface area (TPSA) is 35.0 Å². The number of hydrogen-bond donors (Lipinski definition) is 0. The van der Waals surface area contributed by atoms with Crippen molar-refractivity contribution in [3.8, 4) is 11.6 Å². The molecule has 0 aliphatic rings. The van der Waals surface area contributed by atoms with Gasteiger partial charge in [0.1, 0.15) is 22.5 Å². The third kappa shape index (κ3) is 2.76. The molecular weight excluding hydrogens is 255 g/mol. The Morgan fingerprint density at radius 1 is 1.33 bits per heavy atom. The van der Waals surface area contributed by atoms with Crippen molar-refractivity contribution in [1.82, 2.24) is 9.97 Å². The first-order valence-corrected chi connectivity index (χ1v) is 5.94. The summed E-state index contributed by atoms with van der Waals surface area (Å²) < 4.78 is 18.6. The van der Waals surface area contributed by atoms with Crippen molar-refractivity contribution in [3.05, 3.63) is 46.6 Å². The average Bonchev–Trinajstić information content (AvgIpc) is 2.34. The van der Waals surface area contributed by atoms with Crippen LogP contribution in [0.4, 0.5) is 4.39 Å². The van der Waals surface area contributed by atoms with Crippen LogP contribution in [0.2, 0.25) is 5.15 Å². The molecule has 18 heavy (non-hydrogen) atoms. The zero-order valence-electron chi connectivity index (χ0n) is 10.1. The molecule has 0 aliphatic heterocycles. The molecule has 0 saturated heterocycles. The quantitative estimate of drug-likeness (QED) is 0.790. The molecule has 3 nitrogen and oxygen atoms in total. The lowest BCUT2D eigenvalue weighted by Crippen LogP contribution is -2.00. The fourth-order valence-electron chi connectivity index (χ4n) is 1.41. The summed E-state index contributed by atoms with van der Waals surface area (Å²) in [4.78, 5) is 8.35. The normalized spacial score (nSPS) is 10.4. The summed E-state index contributed by atoms with van der Waals surface area (Å²) in [5, 5.41) is 0.355. The SMILES string of the molecule is CCc1nc(Cl)c(C)c(Oc2cccc(F)c2)n1. The summed E-state index contributed by atoms with van der Waals surface area (Å²) in [5.74, 6) is 0.977. The maximum Gasteiger partial charge on any atom is 0.226 e. The van der Waals surface area contributed by atoms with Gasteiger partial charge in [-0.2, -0.15) is 4.98 Å². The smallest absolute Gasteiger partial charge is 0.226 e. The van der Waals surface area contributed by atoms with Gasteiger partial charge < -0.3 is 4.74 Å². The lowest BCUT2D eigenvalue weighted by Gasteiger charge is -2.09. The van der Waals surface area contributed by atoms with Gasteiger partial charge in [0.15, 0.2) is 0 Å². The Morgan fingerprint density at radius 3 is 2.78 bits per heavy atom. The van der Waals surface area contributed by atoms with E-state index in [-0.39, 0.29) is 5.82 Å². The highest BCUT2D eigenvalue weighted by atomic mass is 35.5. The summed E-state index contributed by atoms with van der Waals surface area (Å²) >= 11 is 5.99. The molecule has 0 spiro atoms. The first-order valence-electron chi connectivity index (χ1n) is 5.56. The van der Waals surface area contributed by atoms with Gasteiger partial charge in [0.2, 0.25) is 5.88 Å². The number of ether oxygens (including phenoxy) is 1. The molecule has 0 atom stereocenters. The van der Waals surface area contributed by atoms with E-state index in [1.54, 1.807) is 19.1 Å². The van der Waals surface area contributed by atoms with Gasteiger partial charge in [-0.1, -0.05) is 24.6 Å². The molecule has 1 heterocycles. The van der Waals surface area contributed by atoms with Crippen molar-refractivity contribution >= 4 is 11.6 Å². The monoisotopic (exact) mass is 266 g/mol. The lowest BCUT2D eigenvalue weighted by atomic mass is 10.3. The molecule has 0 saturated carbocycles. The summed E-state index contributed by atoms with van der Waals surface area (Å²) in [5.41, 5.74) is 0.637. The number of aryl methyl sites for hydroxylation is 1. The predicted molar refractivity (Wildman–Crippen MR) is 67.6 cm³/mol. The van der Waals surface area contributed by atoms with E-state index < -0.39 is 0 Å². The highest BCUT2D eigenvalue weighted by Crippen LogP contribution is 2.27. The van der Waals surface area contributed by atoms with Crippen LogP contribution in [0.1, 0.15) is 18.3 Å². The fraction of sp³-hybridized carbons (Fsp3) is 0.231. The molecule has 2 rings (SSSR count). The molecule has 1 aromatic carbocycles. The van der Waals surface area contributed by atoms with Gasteiger partial charge in [-0.25, -0.2) is 9.37 Å². The van der Waals surface area contributed by atoms with Gasteiger partial charge in [0.05, 0.1) is 0 Å². The Balaban J connectivity index is 2.36. The predicted octanol–water partition coefficient (Wildman–Crippen LogP) is 3.93. The van der Waals surface area contributed by atoms with E-state index in [1.165, 1.54) is 12.1 Å². The largest absolute Gasteiger partial charge is 0.438 e. The minimum atomic E-state index is -0.360. The second-order valence-corrected chi connectivity index (χ2v) is 4.13. The molecule has 0 aliphatic carbocycles. The van der Waals surface area contributed by atoms with E-state index in [1.807, 2.05) is 6.92 Å². The maximum atomic E-state index is 13.1.